The molecule has 3 rings (SSSR count). The van der Waals surface area contributed by atoms with E-state index in [2.05, 4.69) is 54.7 Å². The normalized spacial score (nSPS) is 20.0. The second-order valence-corrected chi connectivity index (χ2v) is 7.22. The quantitative estimate of drug-likeness (QED) is 0.783. The highest BCUT2D eigenvalue weighted by atomic mass is 79.9. The molecule has 0 N–H and O–H groups in total. The number of halogens is 1. The minimum absolute atomic E-state index is 0.338. The van der Waals surface area contributed by atoms with E-state index in [1.54, 1.807) is 12.5 Å². The molecule has 1 saturated heterocycles. The zero-order valence-corrected chi connectivity index (χ0v) is 14.2. The van der Waals surface area contributed by atoms with Crippen LogP contribution in [-0.2, 0) is 9.31 Å². The number of hydrogen-bond acceptors (Lipinski definition) is 3. The van der Waals surface area contributed by atoms with Crippen LogP contribution in [0.1, 0.15) is 27.7 Å². The van der Waals surface area contributed by atoms with Gasteiger partial charge in [-0.3, -0.25) is 0 Å². The zero-order chi connectivity index (χ0) is 15.3. The molecule has 1 aromatic carbocycles. The number of benzene rings is 1. The minimum Gasteiger partial charge on any atom is -0.399 e. The maximum absolute atomic E-state index is 6.11. The van der Waals surface area contributed by atoms with Crippen molar-refractivity contribution in [2.75, 3.05) is 0 Å². The Morgan fingerprint density at radius 1 is 1.10 bits per heavy atom. The average Bonchev–Trinajstić information content (AvgIpc) is 2.96. The third kappa shape index (κ3) is 2.68. The van der Waals surface area contributed by atoms with E-state index in [4.69, 9.17) is 9.31 Å². The molecule has 0 radical (unpaired) electrons. The predicted octanol–water partition coefficient (Wildman–Crippen LogP) is 2.93. The van der Waals surface area contributed by atoms with E-state index in [9.17, 15) is 0 Å². The van der Waals surface area contributed by atoms with Crippen LogP contribution in [0.4, 0.5) is 0 Å². The molecule has 0 amide bonds. The van der Waals surface area contributed by atoms with E-state index in [1.165, 1.54) is 0 Å². The lowest BCUT2D eigenvalue weighted by molar-refractivity contribution is 0.00578. The molecule has 2 heterocycles. The molecule has 0 spiro atoms. The zero-order valence-electron chi connectivity index (χ0n) is 12.6. The summed E-state index contributed by atoms with van der Waals surface area (Å²) in [6, 6.07) is 6.13. The van der Waals surface area contributed by atoms with Crippen molar-refractivity contribution in [3.63, 3.8) is 0 Å². The van der Waals surface area contributed by atoms with Crippen molar-refractivity contribution in [3.05, 3.63) is 41.4 Å². The van der Waals surface area contributed by atoms with Gasteiger partial charge in [-0.2, -0.15) is 0 Å². The molecular formula is C15H18BBrN2O2. The summed E-state index contributed by atoms with van der Waals surface area (Å²) in [5.41, 5.74) is 1.34. The van der Waals surface area contributed by atoms with Gasteiger partial charge in [-0.25, -0.2) is 4.98 Å². The maximum atomic E-state index is 6.11. The molecule has 1 aromatic heterocycles. The van der Waals surface area contributed by atoms with E-state index < -0.39 is 0 Å². The standard InChI is InChI=1S/C15H18BBrN2O2/c1-14(2)15(3,4)21-16(20-14)11-7-12(17)9-13(8-11)19-6-5-18-10-19/h5-10H,1-4H3. The van der Waals surface area contributed by atoms with Crippen LogP contribution < -0.4 is 5.46 Å². The van der Waals surface area contributed by atoms with Crippen LogP contribution in [-0.4, -0.2) is 27.9 Å². The second kappa shape index (κ2) is 4.97. The monoisotopic (exact) mass is 348 g/mol. The number of hydrogen-bond donors (Lipinski definition) is 0. The number of nitrogens with zero attached hydrogens (tertiary/aromatic N) is 2. The lowest BCUT2D eigenvalue weighted by Gasteiger charge is -2.32. The van der Waals surface area contributed by atoms with Gasteiger partial charge in [0.25, 0.3) is 0 Å². The molecule has 1 aliphatic heterocycles. The molecule has 4 nitrogen and oxygen atoms in total. The first-order chi connectivity index (χ1) is 9.78. The summed E-state index contributed by atoms with van der Waals surface area (Å²) in [5, 5.41) is 0. The van der Waals surface area contributed by atoms with Gasteiger partial charge in [-0.1, -0.05) is 15.9 Å². The fraction of sp³-hybridized carbons (Fsp3) is 0.400. The van der Waals surface area contributed by atoms with E-state index >= 15 is 0 Å². The first kappa shape index (κ1) is 14.8. The Morgan fingerprint density at radius 2 is 1.76 bits per heavy atom. The highest BCUT2D eigenvalue weighted by Gasteiger charge is 2.51. The molecule has 1 fully saturated rings. The van der Waals surface area contributed by atoms with Gasteiger partial charge in [0.15, 0.2) is 0 Å². The number of aromatic nitrogens is 2. The van der Waals surface area contributed by atoms with E-state index in [0.717, 1.165) is 15.6 Å². The Kier molecular flexibility index (Phi) is 3.51. The summed E-state index contributed by atoms with van der Waals surface area (Å²) in [4.78, 5) is 4.09. The molecule has 0 aliphatic carbocycles. The smallest absolute Gasteiger partial charge is 0.399 e. The Hall–Kier alpha value is -1.11. The lowest BCUT2D eigenvalue weighted by atomic mass is 9.79. The Morgan fingerprint density at radius 3 is 2.33 bits per heavy atom. The third-order valence-electron chi connectivity index (χ3n) is 4.23. The molecule has 1 aliphatic rings. The SMILES string of the molecule is CC1(C)OB(c2cc(Br)cc(-n3ccnc3)c2)OC1(C)C. The van der Waals surface area contributed by atoms with Gasteiger partial charge in [-0.05, 0) is 51.4 Å². The molecule has 6 heteroatoms. The fourth-order valence-electron chi connectivity index (χ4n) is 2.27. The van der Waals surface area contributed by atoms with E-state index in [0.29, 0.717) is 0 Å². The number of rotatable bonds is 2. The summed E-state index contributed by atoms with van der Waals surface area (Å²) in [6.45, 7) is 8.23. The van der Waals surface area contributed by atoms with Crippen LogP contribution in [0.15, 0.2) is 41.4 Å². The predicted molar refractivity (Wildman–Crippen MR) is 87.0 cm³/mol. The highest BCUT2D eigenvalue weighted by molar-refractivity contribution is 9.10. The van der Waals surface area contributed by atoms with Gasteiger partial charge in [-0.15, -0.1) is 0 Å². The molecule has 110 valence electrons. The van der Waals surface area contributed by atoms with Crippen LogP contribution >= 0.6 is 15.9 Å². The summed E-state index contributed by atoms with van der Waals surface area (Å²) in [5.74, 6) is 0. The van der Waals surface area contributed by atoms with E-state index in [1.807, 2.05) is 22.9 Å². The van der Waals surface area contributed by atoms with Crippen LogP contribution in [0.3, 0.4) is 0 Å². The molecule has 0 unspecified atom stereocenters. The van der Waals surface area contributed by atoms with Crippen molar-refractivity contribution in [2.45, 2.75) is 38.9 Å². The van der Waals surface area contributed by atoms with Crippen molar-refractivity contribution in [2.24, 2.45) is 0 Å². The first-order valence-electron chi connectivity index (χ1n) is 6.93. The summed E-state index contributed by atoms with van der Waals surface area (Å²) in [6.07, 6.45) is 5.45. The Labute approximate surface area is 133 Å². The average molecular weight is 349 g/mol. The topological polar surface area (TPSA) is 36.3 Å². The van der Waals surface area contributed by atoms with Crippen molar-refractivity contribution in [3.8, 4) is 5.69 Å². The van der Waals surface area contributed by atoms with Gasteiger partial charge in [0.05, 0.1) is 17.5 Å². The molecule has 0 atom stereocenters. The summed E-state index contributed by atoms with van der Waals surface area (Å²) < 4.78 is 15.2. The van der Waals surface area contributed by atoms with Gasteiger partial charge in [0.1, 0.15) is 0 Å². The van der Waals surface area contributed by atoms with Crippen LogP contribution in [0.2, 0.25) is 0 Å². The molecule has 0 saturated carbocycles. The molecule has 21 heavy (non-hydrogen) atoms. The van der Waals surface area contributed by atoms with E-state index in [-0.39, 0.29) is 18.3 Å². The molecule has 0 bridgehead atoms. The van der Waals surface area contributed by atoms with Crippen molar-refractivity contribution < 1.29 is 9.31 Å². The second-order valence-electron chi connectivity index (χ2n) is 6.30. The van der Waals surface area contributed by atoms with Gasteiger partial charge < -0.3 is 13.9 Å². The minimum atomic E-state index is -0.366. The largest absolute Gasteiger partial charge is 0.494 e. The van der Waals surface area contributed by atoms with Gasteiger partial charge in [0, 0.05) is 22.6 Å². The van der Waals surface area contributed by atoms with Crippen LogP contribution in [0, 0.1) is 0 Å². The Balaban J connectivity index is 1.97. The number of imidazole rings is 1. The third-order valence-corrected chi connectivity index (χ3v) is 4.69. The van der Waals surface area contributed by atoms with Crippen molar-refractivity contribution >= 4 is 28.5 Å². The van der Waals surface area contributed by atoms with Crippen molar-refractivity contribution in [1.82, 2.24) is 9.55 Å². The first-order valence-corrected chi connectivity index (χ1v) is 7.72. The summed E-state index contributed by atoms with van der Waals surface area (Å²) >= 11 is 3.56. The lowest BCUT2D eigenvalue weighted by Crippen LogP contribution is -2.41. The summed E-state index contributed by atoms with van der Waals surface area (Å²) in [7, 11) is -0.366. The van der Waals surface area contributed by atoms with Gasteiger partial charge in [0.2, 0.25) is 0 Å². The molecule has 2 aromatic rings. The van der Waals surface area contributed by atoms with Gasteiger partial charge >= 0.3 is 7.12 Å². The van der Waals surface area contributed by atoms with Crippen LogP contribution in [0.5, 0.6) is 0 Å². The molecular weight excluding hydrogens is 331 g/mol. The highest BCUT2D eigenvalue weighted by Crippen LogP contribution is 2.36. The fourth-order valence-corrected chi connectivity index (χ4v) is 2.77. The Bertz CT molecular complexity index is 640. The van der Waals surface area contributed by atoms with Crippen molar-refractivity contribution in [1.29, 1.82) is 0 Å². The van der Waals surface area contributed by atoms with Crippen LogP contribution in [0.25, 0.3) is 5.69 Å². The maximum Gasteiger partial charge on any atom is 0.494 e.